The molecule has 4 rings (SSSR count). The van der Waals surface area contributed by atoms with Crippen LogP contribution < -0.4 is 5.32 Å². The first-order valence-electron chi connectivity index (χ1n) is 10.1. The van der Waals surface area contributed by atoms with Crippen molar-refractivity contribution in [3.8, 4) is 0 Å². The fourth-order valence-corrected chi connectivity index (χ4v) is 4.50. The lowest BCUT2D eigenvalue weighted by atomic mass is 10.1. The van der Waals surface area contributed by atoms with E-state index in [9.17, 15) is 14.4 Å². The van der Waals surface area contributed by atoms with Gasteiger partial charge in [0.25, 0.3) is 11.8 Å². The Kier molecular flexibility index (Phi) is 6.47. The molecule has 0 unspecified atom stereocenters. The third-order valence-electron chi connectivity index (χ3n) is 4.94. The highest BCUT2D eigenvalue weighted by Crippen LogP contribution is 2.38. The molecule has 0 spiro atoms. The van der Waals surface area contributed by atoms with Crippen LogP contribution in [0.25, 0.3) is 5.57 Å². The van der Waals surface area contributed by atoms with E-state index in [0.717, 1.165) is 11.1 Å². The molecular weight excluding hydrogens is 422 g/mol. The number of thioether (sulfide) groups is 1. The molecule has 0 atom stereocenters. The van der Waals surface area contributed by atoms with E-state index < -0.39 is 0 Å². The lowest BCUT2D eigenvalue weighted by molar-refractivity contribution is -0.137. The van der Waals surface area contributed by atoms with Crippen LogP contribution in [0.3, 0.4) is 0 Å². The number of pyridine rings is 1. The van der Waals surface area contributed by atoms with Gasteiger partial charge in [0.2, 0.25) is 5.91 Å². The Hall–Kier alpha value is -3.71. The monoisotopic (exact) mass is 443 g/mol. The maximum absolute atomic E-state index is 13.4. The Bertz CT molecular complexity index is 1180. The van der Waals surface area contributed by atoms with E-state index in [-0.39, 0.29) is 24.3 Å². The van der Waals surface area contributed by atoms with Crippen molar-refractivity contribution in [3.63, 3.8) is 0 Å². The van der Waals surface area contributed by atoms with Crippen LogP contribution in [0.4, 0.5) is 5.69 Å². The number of amides is 3. The van der Waals surface area contributed by atoms with Crippen LogP contribution in [0.5, 0.6) is 0 Å². The number of nitrogens with zero attached hydrogens (tertiary/aromatic N) is 2. The second-order valence-electron chi connectivity index (χ2n) is 7.29. The molecule has 6 nitrogen and oxygen atoms in total. The number of hydrogen-bond acceptors (Lipinski definition) is 5. The van der Waals surface area contributed by atoms with E-state index in [1.54, 1.807) is 48.8 Å². The first-order valence-corrected chi connectivity index (χ1v) is 11.1. The molecule has 0 aliphatic carbocycles. The molecule has 32 heavy (non-hydrogen) atoms. The third kappa shape index (κ3) is 4.78. The van der Waals surface area contributed by atoms with Crippen molar-refractivity contribution in [2.45, 2.75) is 19.2 Å². The number of imide groups is 1. The highest BCUT2D eigenvalue weighted by Gasteiger charge is 2.39. The number of rotatable bonds is 7. The van der Waals surface area contributed by atoms with Gasteiger partial charge in [0.1, 0.15) is 0 Å². The molecule has 0 saturated heterocycles. The number of anilines is 1. The Morgan fingerprint density at radius 3 is 2.25 bits per heavy atom. The lowest BCUT2D eigenvalue weighted by Crippen LogP contribution is -2.30. The molecular formula is C25H21N3O3S. The van der Waals surface area contributed by atoms with Gasteiger partial charge in [-0.05, 0) is 41.0 Å². The van der Waals surface area contributed by atoms with Crippen molar-refractivity contribution in [1.29, 1.82) is 0 Å². The van der Waals surface area contributed by atoms with Gasteiger partial charge in [-0.25, -0.2) is 0 Å². The highest BCUT2D eigenvalue weighted by atomic mass is 32.2. The summed E-state index contributed by atoms with van der Waals surface area (Å²) in [6.07, 6.45) is 3.28. The van der Waals surface area contributed by atoms with Crippen LogP contribution in [0.2, 0.25) is 0 Å². The van der Waals surface area contributed by atoms with Gasteiger partial charge in [0.05, 0.1) is 17.0 Å². The number of benzene rings is 2. The van der Waals surface area contributed by atoms with E-state index in [1.165, 1.54) is 23.6 Å². The van der Waals surface area contributed by atoms with E-state index in [2.05, 4.69) is 10.3 Å². The summed E-state index contributed by atoms with van der Waals surface area (Å²) in [5, 5.41) is 2.71. The van der Waals surface area contributed by atoms with Gasteiger partial charge in [-0.15, -0.1) is 11.8 Å². The normalized spacial score (nSPS) is 13.6. The average Bonchev–Trinajstić information content (AvgIpc) is 3.03. The summed E-state index contributed by atoms with van der Waals surface area (Å²) in [4.78, 5) is 43.7. The second-order valence-corrected chi connectivity index (χ2v) is 8.27. The highest BCUT2D eigenvalue weighted by molar-refractivity contribution is 8.03. The molecule has 2 heterocycles. The first kappa shape index (κ1) is 21.5. The fraction of sp³-hybridized carbons (Fsp3) is 0.120. The molecule has 7 heteroatoms. The molecule has 0 radical (unpaired) electrons. The summed E-state index contributed by atoms with van der Waals surface area (Å²) in [6.45, 7) is 1.62. The first-order chi connectivity index (χ1) is 15.5. The summed E-state index contributed by atoms with van der Waals surface area (Å²) in [5.41, 5.74) is 3.56. The van der Waals surface area contributed by atoms with Gasteiger partial charge in [0.15, 0.2) is 0 Å². The van der Waals surface area contributed by atoms with Crippen molar-refractivity contribution >= 4 is 40.7 Å². The molecule has 1 N–H and O–H groups in total. The zero-order chi connectivity index (χ0) is 22.5. The van der Waals surface area contributed by atoms with Crippen LogP contribution in [0, 0.1) is 0 Å². The van der Waals surface area contributed by atoms with Crippen molar-refractivity contribution in [2.75, 3.05) is 5.32 Å². The largest absolute Gasteiger partial charge is 0.326 e. The number of carbonyl (C=O) groups is 3. The number of nitrogens with one attached hydrogen (secondary N) is 1. The quantitative estimate of drug-likeness (QED) is 0.552. The van der Waals surface area contributed by atoms with Gasteiger partial charge in [-0.3, -0.25) is 24.3 Å². The van der Waals surface area contributed by atoms with Crippen LogP contribution in [0.1, 0.15) is 23.6 Å². The van der Waals surface area contributed by atoms with Crippen molar-refractivity contribution in [2.24, 2.45) is 0 Å². The predicted molar refractivity (Wildman–Crippen MR) is 125 cm³/mol. The molecule has 1 aliphatic rings. The molecule has 1 aliphatic heterocycles. The minimum absolute atomic E-state index is 0.174. The van der Waals surface area contributed by atoms with E-state index in [4.69, 9.17) is 0 Å². The molecule has 3 amide bonds. The summed E-state index contributed by atoms with van der Waals surface area (Å²) < 4.78 is 0. The van der Waals surface area contributed by atoms with Crippen molar-refractivity contribution in [1.82, 2.24) is 9.88 Å². The third-order valence-corrected chi connectivity index (χ3v) is 6.08. The SMILES string of the molecule is CC(=O)Nc1ccc(C2=C(SCc3ccccc3)C(=O)N(Cc3ccncc3)C2=O)cc1. The van der Waals surface area contributed by atoms with E-state index >= 15 is 0 Å². The maximum Gasteiger partial charge on any atom is 0.268 e. The van der Waals surface area contributed by atoms with Gasteiger partial charge < -0.3 is 5.32 Å². The van der Waals surface area contributed by atoms with E-state index in [1.807, 2.05) is 30.3 Å². The second kappa shape index (κ2) is 9.62. The fourth-order valence-electron chi connectivity index (χ4n) is 3.41. The van der Waals surface area contributed by atoms with Gasteiger partial charge >= 0.3 is 0 Å². The van der Waals surface area contributed by atoms with Gasteiger partial charge in [-0.1, -0.05) is 42.5 Å². The van der Waals surface area contributed by atoms with Crippen molar-refractivity contribution < 1.29 is 14.4 Å². The molecule has 160 valence electrons. The summed E-state index contributed by atoms with van der Waals surface area (Å²) in [5.74, 6) is -0.221. The zero-order valence-electron chi connectivity index (χ0n) is 17.4. The summed E-state index contributed by atoms with van der Waals surface area (Å²) in [6, 6.07) is 20.4. The van der Waals surface area contributed by atoms with E-state index in [0.29, 0.717) is 27.5 Å². The molecule has 0 saturated carbocycles. The lowest BCUT2D eigenvalue weighted by Gasteiger charge is -2.15. The Balaban J connectivity index is 1.66. The number of aromatic nitrogens is 1. The molecule has 1 aromatic heterocycles. The maximum atomic E-state index is 13.4. The Morgan fingerprint density at radius 2 is 1.59 bits per heavy atom. The van der Waals surface area contributed by atoms with Crippen LogP contribution in [0.15, 0.2) is 84.0 Å². The van der Waals surface area contributed by atoms with Gasteiger partial charge in [0, 0.05) is 30.8 Å². The Morgan fingerprint density at radius 1 is 0.906 bits per heavy atom. The predicted octanol–water partition coefficient (Wildman–Crippen LogP) is 4.25. The van der Waals surface area contributed by atoms with Crippen LogP contribution in [-0.2, 0) is 26.7 Å². The topological polar surface area (TPSA) is 79.4 Å². The van der Waals surface area contributed by atoms with Gasteiger partial charge in [-0.2, -0.15) is 0 Å². The van der Waals surface area contributed by atoms with Crippen LogP contribution >= 0.6 is 11.8 Å². The molecule has 0 fully saturated rings. The van der Waals surface area contributed by atoms with Crippen molar-refractivity contribution in [3.05, 3.63) is 101 Å². The molecule has 3 aromatic rings. The van der Waals surface area contributed by atoms with Crippen LogP contribution in [-0.4, -0.2) is 27.6 Å². The average molecular weight is 444 g/mol. The Labute approximate surface area is 190 Å². The molecule has 0 bridgehead atoms. The minimum Gasteiger partial charge on any atom is -0.326 e. The minimum atomic E-state index is -0.324. The smallest absolute Gasteiger partial charge is 0.268 e. The molecule has 2 aromatic carbocycles. The summed E-state index contributed by atoms with van der Waals surface area (Å²) in [7, 11) is 0. The number of hydrogen-bond donors (Lipinski definition) is 1. The standard InChI is InChI=1S/C25H21N3O3S/c1-17(29)27-21-9-7-20(8-10-21)22-23(32-16-19-5-3-2-4-6-19)25(31)28(24(22)30)15-18-11-13-26-14-12-18/h2-14H,15-16H2,1H3,(H,27,29). The summed E-state index contributed by atoms with van der Waals surface area (Å²) >= 11 is 1.37. The number of carbonyl (C=O) groups excluding carboxylic acids is 3. The zero-order valence-corrected chi connectivity index (χ0v) is 18.3.